The van der Waals surface area contributed by atoms with Crippen LogP contribution in [0.5, 0.6) is 0 Å². The number of hydrogen-bond donors (Lipinski definition) is 2. The SMILES string of the molecule is CS(=O)(=O)c1ccc(CNCC2(CN)CCC2)cc1. The Kier molecular flexibility index (Phi) is 4.28. The van der Waals surface area contributed by atoms with Crippen molar-refractivity contribution in [3.05, 3.63) is 29.8 Å². The first-order chi connectivity index (χ1) is 8.95. The molecule has 4 nitrogen and oxygen atoms in total. The van der Waals surface area contributed by atoms with Crippen molar-refractivity contribution in [3.63, 3.8) is 0 Å². The molecule has 1 aromatic rings. The number of nitrogens with one attached hydrogen (secondary N) is 1. The average molecular weight is 282 g/mol. The largest absolute Gasteiger partial charge is 0.330 e. The van der Waals surface area contributed by atoms with E-state index < -0.39 is 9.84 Å². The maximum atomic E-state index is 11.3. The molecule has 0 amide bonds. The Bertz CT molecular complexity index is 513. The molecule has 0 atom stereocenters. The minimum absolute atomic E-state index is 0.298. The lowest BCUT2D eigenvalue weighted by atomic mass is 9.69. The van der Waals surface area contributed by atoms with Gasteiger partial charge in [-0.15, -0.1) is 0 Å². The van der Waals surface area contributed by atoms with Crippen molar-refractivity contribution in [2.45, 2.75) is 30.7 Å². The highest BCUT2D eigenvalue weighted by Crippen LogP contribution is 2.39. The van der Waals surface area contributed by atoms with Crippen LogP contribution in [-0.2, 0) is 16.4 Å². The fourth-order valence-corrected chi connectivity index (χ4v) is 3.09. The van der Waals surface area contributed by atoms with Crippen LogP contribution in [0.3, 0.4) is 0 Å². The highest BCUT2D eigenvalue weighted by Gasteiger charge is 2.34. The summed E-state index contributed by atoms with van der Waals surface area (Å²) in [4.78, 5) is 0.369. The monoisotopic (exact) mass is 282 g/mol. The average Bonchev–Trinajstić information content (AvgIpc) is 2.32. The maximum Gasteiger partial charge on any atom is 0.175 e. The first-order valence-corrected chi connectivity index (χ1v) is 8.54. The van der Waals surface area contributed by atoms with Crippen molar-refractivity contribution in [2.24, 2.45) is 11.1 Å². The molecule has 1 aliphatic carbocycles. The molecule has 19 heavy (non-hydrogen) atoms. The van der Waals surface area contributed by atoms with E-state index in [4.69, 9.17) is 5.73 Å². The van der Waals surface area contributed by atoms with E-state index in [2.05, 4.69) is 5.32 Å². The van der Waals surface area contributed by atoms with Gasteiger partial charge in [0, 0.05) is 19.3 Å². The molecule has 2 rings (SSSR count). The summed E-state index contributed by atoms with van der Waals surface area (Å²) in [6.45, 7) is 2.44. The van der Waals surface area contributed by atoms with E-state index in [1.807, 2.05) is 12.1 Å². The molecule has 1 fully saturated rings. The second kappa shape index (κ2) is 5.61. The number of rotatable bonds is 6. The number of benzene rings is 1. The number of hydrogen-bond acceptors (Lipinski definition) is 4. The molecule has 0 saturated heterocycles. The maximum absolute atomic E-state index is 11.3. The lowest BCUT2D eigenvalue weighted by Gasteiger charge is -2.41. The predicted molar refractivity (Wildman–Crippen MR) is 76.6 cm³/mol. The van der Waals surface area contributed by atoms with Crippen LogP contribution >= 0.6 is 0 Å². The molecule has 0 bridgehead atoms. The van der Waals surface area contributed by atoms with Crippen LogP contribution < -0.4 is 11.1 Å². The zero-order valence-electron chi connectivity index (χ0n) is 11.4. The Morgan fingerprint density at radius 1 is 1.26 bits per heavy atom. The van der Waals surface area contributed by atoms with E-state index in [1.165, 1.54) is 25.5 Å². The summed E-state index contributed by atoms with van der Waals surface area (Å²) < 4.78 is 22.7. The predicted octanol–water partition coefficient (Wildman–Crippen LogP) is 1.31. The molecule has 0 heterocycles. The van der Waals surface area contributed by atoms with E-state index in [0.717, 1.165) is 25.2 Å². The Morgan fingerprint density at radius 3 is 2.32 bits per heavy atom. The molecule has 0 spiro atoms. The van der Waals surface area contributed by atoms with Gasteiger partial charge >= 0.3 is 0 Å². The van der Waals surface area contributed by atoms with Crippen LogP contribution in [-0.4, -0.2) is 27.8 Å². The third kappa shape index (κ3) is 3.55. The topological polar surface area (TPSA) is 72.2 Å². The van der Waals surface area contributed by atoms with Crippen LogP contribution in [0, 0.1) is 5.41 Å². The molecule has 5 heteroatoms. The molecule has 3 N–H and O–H groups in total. The van der Waals surface area contributed by atoms with Crippen molar-refractivity contribution in [1.29, 1.82) is 0 Å². The minimum atomic E-state index is -3.10. The highest BCUT2D eigenvalue weighted by atomic mass is 32.2. The Labute approximate surface area is 115 Å². The summed E-state index contributed by atoms with van der Waals surface area (Å²) in [6.07, 6.45) is 4.93. The number of sulfone groups is 1. The van der Waals surface area contributed by atoms with Gasteiger partial charge in [-0.05, 0) is 42.5 Å². The van der Waals surface area contributed by atoms with Gasteiger partial charge in [0.2, 0.25) is 0 Å². The summed E-state index contributed by atoms with van der Waals surface area (Å²) in [7, 11) is -3.10. The Balaban J connectivity index is 1.87. The molecule has 1 saturated carbocycles. The van der Waals surface area contributed by atoms with Crippen LogP contribution in [0.4, 0.5) is 0 Å². The lowest BCUT2D eigenvalue weighted by molar-refractivity contribution is 0.141. The van der Waals surface area contributed by atoms with Crippen molar-refractivity contribution >= 4 is 9.84 Å². The van der Waals surface area contributed by atoms with Gasteiger partial charge in [0.05, 0.1) is 4.90 Å². The minimum Gasteiger partial charge on any atom is -0.330 e. The molecule has 1 aromatic carbocycles. The van der Waals surface area contributed by atoms with Crippen LogP contribution in [0.1, 0.15) is 24.8 Å². The molecular weight excluding hydrogens is 260 g/mol. The molecule has 0 radical (unpaired) electrons. The highest BCUT2D eigenvalue weighted by molar-refractivity contribution is 7.90. The van der Waals surface area contributed by atoms with Gasteiger partial charge < -0.3 is 11.1 Å². The van der Waals surface area contributed by atoms with E-state index in [1.54, 1.807) is 12.1 Å². The van der Waals surface area contributed by atoms with Crippen molar-refractivity contribution in [2.75, 3.05) is 19.3 Å². The van der Waals surface area contributed by atoms with Gasteiger partial charge in [0.15, 0.2) is 9.84 Å². The fraction of sp³-hybridized carbons (Fsp3) is 0.571. The zero-order valence-corrected chi connectivity index (χ0v) is 12.2. The summed E-state index contributed by atoms with van der Waals surface area (Å²) >= 11 is 0. The fourth-order valence-electron chi connectivity index (χ4n) is 2.46. The second-order valence-corrected chi connectivity index (χ2v) is 7.59. The second-order valence-electron chi connectivity index (χ2n) is 5.58. The summed E-state index contributed by atoms with van der Waals surface area (Å²) in [6, 6.07) is 7.04. The van der Waals surface area contributed by atoms with Gasteiger partial charge in [-0.1, -0.05) is 18.6 Å². The molecule has 106 valence electrons. The Hall–Kier alpha value is -0.910. The molecule has 0 unspecified atom stereocenters. The van der Waals surface area contributed by atoms with Crippen molar-refractivity contribution in [3.8, 4) is 0 Å². The first-order valence-electron chi connectivity index (χ1n) is 6.65. The number of nitrogens with two attached hydrogens (primary N) is 1. The van der Waals surface area contributed by atoms with E-state index in [-0.39, 0.29) is 0 Å². The van der Waals surface area contributed by atoms with Gasteiger partial charge in [-0.2, -0.15) is 0 Å². The molecular formula is C14H22N2O2S. The van der Waals surface area contributed by atoms with Crippen LogP contribution in [0.2, 0.25) is 0 Å². The van der Waals surface area contributed by atoms with Gasteiger partial charge in [0.25, 0.3) is 0 Å². The van der Waals surface area contributed by atoms with Gasteiger partial charge in [0.1, 0.15) is 0 Å². The third-order valence-electron chi connectivity index (χ3n) is 4.03. The van der Waals surface area contributed by atoms with E-state index >= 15 is 0 Å². The lowest BCUT2D eigenvalue weighted by Crippen LogP contribution is -2.45. The third-order valence-corrected chi connectivity index (χ3v) is 5.16. The van der Waals surface area contributed by atoms with Crippen molar-refractivity contribution in [1.82, 2.24) is 5.32 Å². The molecule has 1 aliphatic rings. The smallest absolute Gasteiger partial charge is 0.175 e. The summed E-state index contributed by atoms with van der Waals surface area (Å²) in [5.41, 5.74) is 7.20. The zero-order chi connectivity index (χ0) is 13.9. The molecule has 0 aromatic heterocycles. The first kappa shape index (κ1) is 14.5. The Morgan fingerprint density at radius 2 is 1.89 bits per heavy atom. The summed E-state index contributed by atoms with van der Waals surface area (Å²) in [5.74, 6) is 0. The van der Waals surface area contributed by atoms with Crippen molar-refractivity contribution < 1.29 is 8.42 Å². The van der Waals surface area contributed by atoms with Gasteiger partial charge in [-0.3, -0.25) is 0 Å². The van der Waals surface area contributed by atoms with Crippen LogP contribution in [0.15, 0.2) is 29.2 Å². The quantitative estimate of drug-likeness (QED) is 0.825. The standard InChI is InChI=1S/C14H22N2O2S/c1-19(17,18)13-5-3-12(4-6-13)9-16-11-14(10-15)7-2-8-14/h3-6,16H,2,7-11,15H2,1H3. The van der Waals surface area contributed by atoms with Gasteiger partial charge in [-0.25, -0.2) is 8.42 Å². The summed E-state index contributed by atoms with van der Waals surface area (Å²) in [5, 5.41) is 3.42. The van der Waals surface area contributed by atoms with Crippen LogP contribution in [0.25, 0.3) is 0 Å². The van der Waals surface area contributed by atoms with E-state index in [9.17, 15) is 8.42 Å². The van der Waals surface area contributed by atoms with E-state index in [0.29, 0.717) is 10.3 Å². The normalized spacial score (nSPS) is 18.0. The molecule has 0 aliphatic heterocycles.